The lowest BCUT2D eigenvalue weighted by Gasteiger charge is -1.95. The van der Waals surface area contributed by atoms with Crippen LogP contribution in [0.3, 0.4) is 0 Å². The summed E-state index contributed by atoms with van der Waals surface area (Å²) in [5.74, 6) is -0.377. The molecule has 0 fully saturated rings. The van der Waals surface area contributed by atoms with Crippen LogP contribution in [0.4, 0.5) is 15.8 Å². The summed E-state index contributed by atoms with van der Waals surface area (Å²) in [7, 11) is 0. The molecule has 1 aromatic carbocycles. The predicted molar refractivity (Wildman–Crippen MR) is 40.3 cm³/mol. The number of anilines is 1. The highest BCUT2D eigenvalue weighted by atomic mass is 32.1. The molecule has 0 aliphatic rings. The van der Waals surface area contributed by atoms with Crippen LogP contribution in [0.15, 0.2) is 22.6 Å². The Hall–Kier alpha value is -1.03. The minimum absolute atomic E-state index is 0.315. The molecule has 0 aromatic heterocycles. The summed E-state index contributed by atoms with van der Waals surface area (Å²) in [6, 6.07) is 3.89. The zero-order valence-corrected chi connectivity index (χ0v) is 5.86. The molecule has 2 nitrogen and oxygen atoms in total. The third-order valence-corrected chi connectivity index (χ3v) is 1.29. The van der Waals surface area contributed by atoms with Gasteiger partial charge in [0.25, 0.3) is 0 Å². The molecule has 1 aromatic rings. The average Bonchev–Trinajstić information content (AvgIpc) is 1.94. The summed E-state index contributed by atoms with van der Waals surface area (Å²) in [4.78, 5) is 0. The number of nitrogens with zero attached hydrogens (tertiary/aromatic N) is 1. The van der Waals surface area contributed by atoms with Crippen LogP contribution in [0.5, 0.6) is 0 Å². The van der Waals surface area contributed by atoms with E-state index in [1.807, 2.05) is 0 Å². The Morgan fingerprint density at radius 1 is 1.50 bits per heavy atom. The largest absolute Gasteiger partial charge is 0.397 e. The van der Waals surface area contributed by atoms with Gasteiger partial charge < -0.3 is 5.73 Å². The van der Waals surface area contributed by atoms with Crippen molar-refractivity contribution in [1.29, 1.82) is 0 Å². The molecule has 0 aliphatic carbocycles. The Kier molecular flexibility index (Phi) is 1.91. The molecule has 0 spiro atoms. The second-order valence-electron chi connectivity index (χ2n) is 1.79. The molecule has 1 rings (SSSR count). The summed E-state index contributed by atoms with van der Waals surface area (Å²) < 4.78 is 15.7. The summed E-state index contributed by atoms with van der Waals surface area (Å²) in [5, 5.41) is 0. The molecule has 0 radical (unpaired) electrons. The van der Waals surface area contributed by atoms with Gasteiger partial charge in [-0.25, -0.2) is 4.39 Å². The van der Waals surface area contributed by atoms with Crippen molar-refractivity contribution < 1.29 is 4.39 Å². The van der Waals surface area contributed by atoms with Crippen LogP contribution in [-0.4, -0.2) is 0 Å². The van der Waals surface area contributed by atoms with E-state index in [4.69, 9.17) is 5.73 Å². The molecular formula is C6H5FN2S. The van der Waals surface area contributed by atoms with Crippen molar-refractivity contribution in [3.05, 3.63) is 24.0 Å². The molecule has 0 amide bonds. The monoisotopic (exact) mass is 156 g/mol. The van der Waals surface area contributed by atoms with Gasteiger partial charge in [0.1, 0.15) is 11.5 Å². The minimum atomic E-state index is -0.377. The molecule has 0 heterocycles. The van der Waals surface area contributed by atoms with Gasteiger partial charge in [-0.2, -0.15) is 4.36 Å². The van der Waals surface area contributed by atoms with Gasteiger partial charge in [-0.3, -0.25) is 0 Å². The SMILES string of the molecule is Nc1ccc(F)cc1N=S. The van der Waals surface area contributed by atoms with Crippen molar-refractivity contribution in [3.63, 3.8) is 0 Å². The summed E-state index contributed by atoms with van der Waals surface area (Å²) >= 11 is 4.34. The van der Waals surface area contributed by atoms with E-state index in [1.54, 1.807) is 0 Å². The fourth-order valence-electron chi connectivity index (χ4n) is 0.596. The average molecular weight is 156 g/mol. The normalized spacial score (nSPS) is 9.30. The van der Waals surface area contributed by atoms with Crippen LogP contribution in [-0.2, 0) is 12.4 Å². The fourth-order valence-corrected chi connectivity index (χ4v) is 0.754. The number of halogens is 1. The highest BCUT2D eigenvalue weighted by Gasteiger charge is 1.96. The molecule has 0 saturated heterocycles. The molecular weight excluding hydrogens is 151 g/mol. The van der Waals surface area contributed by atoms with Crippen molar-refractivity contribution >= 4 is 23.8 Å². The lowest BCUT2D eigenvalue weighted by molar-refractivity contribution is 0.628. The Bertz CT molecular complexity index is 262. The Morgan fingerprint density at radius 3 is 2.70 bits per heavy atom. The maximum absolute atomic E-state index is 12.4. The maximum Gasteiger partial charge on any atom is 0.125 e. The van der Waals surface area contributed by atoms with Gasteiger partial charge in [-0.1, -0.05) is 0 Å². The van der Waals surface area contributed by atoms with Crippen LogP contribution in [0.25, 0.3) is 0 Å². The molecule has 0 aliphatic heterocycles. The highest BCUT2D eigenvalue weighted by Crippen LogP contribution is 2.21. The molecule has 4 heteroatoms. The number of hydrogen-bond acceptors (Lipinski definition) is 3. The smallest absolute Gasteiger partial charge is 0.125 e. The van der Waals surface area contributed by atoms with Gasteiger partial charge in [0.2, 0.25) is 0 Å². The third kappa shape index (κ3) is 1.27. The van der Waals surface area contributed by atoms with E-state index in [0.29, 0.717) is 11.4 Å². The lowest BCUT2D eigenvalue weighted by Crippen LogP contribution is -1.84. The number of hydrogen-bond donors (Lipinski definition) is 1. The zero-order valence-electron chi connectivity index (χ0n) is 5.04. The van der Waals surface area contributed by atoms with E-state index in [9.17, 15) is 4.39 Å². The first-order chi connectivity index (χ1) is 4.74. The van der Waals surface area contributed by atoms with Crippen LogP contribution in [0.1, 0.15) is 0 Å². The van der Waals surface area contributed by atoms with Gasteiger partial charge in [0.05, 0.1) is 5.69 Å². The first kappa shape index (κ1) is 7.08. The minimum Gasteiger partial charge on any atom is -0.397 e. The molecule has 0 atom stereocenters. The third-order valence-electron chi connectivity index (χ3n) is 1.09. The van der Waals surface area contributed by atoms with Gasteiger partial charge >= 0.3 is 0 Å². The molecule has 10 heavy (non-hydrogen) atoms. The van der Waals surface area contributed by atoms with Crippen LogP contribution in [0, 0.1) is 5.82 Å². The Balaban J connectivity index is 3.21. The van der Waals surface area contributed by atoms with Gasteiger partial charge in [-0.15, -0.1) is 0 Å². The Labute approximate surface area is 63.0 Å². The second-order valence-corrected chi connectivity index (χ2v) is 1.98. The fraction of sp³-hybridized carbons (Fsp3) is 0. The second kappa shape index (κ2) is 2.70. The van der Waals surface area contributed by atoms with E-state index in [2.05, 4.69) is 16.8 Å². The Morgan fingerprint density at radius 2 is 2.20 bits per heavy atom. The molecule has 0 bridgehead atoms. The summed E-state index contributed by atoms with van der Waals surface area (Å²) in [6.45, 7) is 0. The summed E-state index contributed by atoms with van der Waals surface area (Å²) in [6.07, 6.45) is 0. The number of benzene rings is 1. The lowest BCUT2D eigenvalue weighted by atomic mass is 10.3. The van der Waals surface area contributed by atoms with E-state index < -0.39 is 0 Å². The van der Waals surface area contributed by atoms with Gasteiger partial charge in [0.15, 0.2) is 0 Å². The first-order valence-electron chi connectivity index (χ1n) is 2.62. The number of rotatable bonds is 1. The quantitative estimate of drug-likeness (QED) is 0.629. The van der Waals surface area contributed by atoms with Crippen molar-refractivity contribution in [2.45, 2.75) is 0 Å². The standard InChI is InChI=1S/C6H5FN2S/c7-4-1-2-5(8)6(3-4)9-10/h1-3H,8H2. The topological polar surface area (TPSA) is 38.4 Å². The molecule has 2 N–H and O–H groups in total. The van der Waals surface area contributed by atoms with Crippen LogP contribution < -0.4 is 5.73 Å². The van der Waals surface area contributed by atoms with Crippen molar-refractivity contribution in [2.24, 2.45) is 4.36 Å². The molecule has 0 saturated carbocycles. The predicted octanol–water partition coefficient (Wildman–Crippen LogP) is 1.77. The first-order valence-corrected chi connectivity index (χ1v) is 2.99. The molecule has 0 unspecified atom stereocenters. The number of nitrogens with two attached hydrogens (primary N) is 1. The van der Waals surface area contributed by atoms with E-state index in [0.717, 1.165) is 0 Å². The van der Waals surface area contributed by atoms with E-state index in [1.165, 1.54) is 18.2 Å². The van der Waals surface area contributed by atoms with E-state index >= 15 is 0 Å². The van der Waals surface area contributed by atoms with Crippen molar-refractivity contribution in [1.82, 2.24) is 0 Å². The summed E-state index contributed by atoms with van der Waals surface area (Å²) in [5.41, 5.74) is 6.09. The van der Waals surface area contributed by atoms with Crippen molar-refractivity contribution in [3.8, 4) is 0 Å². The zero-order chi connectivity index (χ0) is 7.56. The van der Waals surface area contributed by atoms with Crippen molar-refractivity contribution in [2.75, 3.05) is 5.73 Å². The number of nitrogen functional groups attached to an aromatic ring is 1. The van der Waals surface area contributed by atoms with Gasteiger partial charge in [0, 0.05) is 18.5 Å². The van der Waals surface area contributed by atoms with Crippen LogP contribution in [0.2, 0.25) is 0 Å². The molecule has 52 valence electrons. The highest BCUT2D eigenvalue weighted by molar-refractivity contribution is 7.47. The maximum atomic E-state index is 12.4. The van der Waals surface area contributed by atoms with E-state index in [-0.39, 0.29) is 5.82 Å². The van der Waals surface area contributed by atoms with Gasteiger partial charge in [-0.05, 0) is 12.1 Å². The van der Waals surface area contributed by atoms with Crippen LogP contribution >= 0.6 is 0 Å².